The maximum absolute atomic E-state index is 13.0. The summed E-state index contributed by atoms with van der Waals surface area (Å²) in [7, 11) is 0. The molecule has 9 heteroatoms. The Morgan fingerprint density at radius 3 is 2.90 bits per heavy atom. The third-order valence-electron chi connectivity index (χ3n) is 5.28. The number of alkyl halides is 2. The van der Waals surface area contributed by atoms with Gasteiger partial charge >= 0.3 is 0 Å². The standard InChI is InChI=1S/C21H21F2N5O2/c1-12-4-2-8-24-18(12)27-20(29)14-5-3-9-28(11-14)21(30)13-6-7-15-16(10-13)26-19(25-15)17(22)23/h2,4,6-8,10,14,17H,3,5,9,11H2,1H3,(H,25,26)(H,24,27,29). The molecule has 1 atom stereocenters. The Hall–Kier alpha value is -3.36. The van der Waals surface area contributed by atoms with Crippen molar-refractivity contribution >= 4 is 28.7 Å². The van der Waals surface area contributed by atoms with E-state index in [2.05, 4.69) is 20.3 Å². The second kappa shape index (κ2) is 8.17. The fraction of sp³-hybridized carbons (Fsp3) is 0.333. The van der Waals surface area contributed by atoms with Gasteiger partial charge in [-0.3, -0.25) is 9.59 Å². The molecule has 2 N–H and O–H groups in total. The number of piperidine rings is 1. The van der Waals surface area contributed by atoms with Crippen LogP contribution in [0.25, 0.3) is 11.0 Å². The number of H-pyrrole nitrogens is 1. The second-order valence-corrected chi connectivity index (χ2v) is 7.40. The fourth-order valence-electron chi connectivity index (χ4n) is 3.66. The van der Waals surface area contributed by atoms with Crippen LogP contribution >= 0.6 is 0 Å². The zero-order valence-corrected chi connectivity index (χ0v) is 16.4. The van der Waals surface area contributed by atoms with Gasteiger partial charge in [0, 0.05) is 24.8 Å². The number of aromatic amines is 1. The molecule has 3 heterocycles. The molecule has 0 saturated carbocycles. The largest absolute Gasteiger partial charge is 0.338 e. The summed E-state index contributed by atoms with van der Waals surface area (Å²) in [6.07, 6.45) is 0.288. The zero-order valence-electron chi connectivity index (χ0n) is 16.4. The minimum absolute atomic E-state index is 0.167. The number of hydrogen-bond acceptors (Lipinski definition) is 4. The zero-order chi connectivity index (χ0) is 21.3. The maximum Gasteiger partial charge on any atom is 0.295 e. The van der Waals surface area contributed by atoms with Crippen molar-refractivity contribution in [3.63, 3.8) is 0 Å². The van der Waals surface area contributed by atoms with Crippen molar-refractivity contribution in [2.45, 2.75) is 26.2 Å². The predicted octanol–water partition coefficient (Wildman–Crippen LogP) is 3.69. The topological polar surface area (TPSA) is 91.0 Å². The number of halogens is 2. The summed E-state index contributed by atoms with van der Waals surface area (Å²) in [6, 6.07) is 8.30. The van der Waals surface area contributed by atoms with Crippen LogP contribution in [0, 0.1) is 12.8 Å². The number of nitrogens with zero attached hydrogens (tertiary/aromatic N) is 3. The van der Waals surface area contributed by atoms with Crippen LogP contribution in [0.5, 0.6) is 0 Å². The minimum Gasteiger partial charge on any atom is -0.338 e. The average Bonchev–Trinajstić information content (AvgIpc) is 3.19. The Bertz CT molecular complexity index is 1100. The summed E-state index contributed by atoms with van der Waals surface area (Å²) in [5.41, 5.74) is 2.00. The molecule has 0 bridgehead atoms. The van der Waals surface area contributed by atoms with E-state index in [4.69, 9.17) is 0 Å². The normalized spacial score (nSPS) is 16.8. The van der Waals surface area contributed by atoms with Gasteiger partial charge in [0.1, 0.15) is 5.82 Å². The molecule has 1 aliphatic rings. The van der Waals surface area contributed by atoms with E-state index in [1.165, 1.54) is 6.07 Å². The average molecular weight is 413 g/mol. The van der Waals surface area contributed by atoms with Gasteiger partial charge in [0.2, 0.25) is 5.91 Å². The van der Waals surface area contributed by atoms with Crippen LogP contribution in [-0.2, 0) is 4.79 Å². The predicted molar refractivity (Wildman–Crippen MR) is 107 cm³/mol. The van der Waals surface area contributed by atoms with E-state index in [0.717, 1.165) is 5.56 Å². The van der Waals surface area contributed by atoms with Crippen molar-refractivity contribution < 1.29 is 18.4 Å². The number of fused-ring (bicyclic) bond motifs is 1. The Kier molecular flexibility index (Phi) is 5.43. The van der Waals surface area contributed by atoms with Crippen LogP contribution in [0.4, 0.5) is 14.6 Å². The van der Waals surface area contributed by atoms with Gasteiger partial charge in [-0.1, -0.05) is 6.07 Å². The number of benzene rings is 1. The number of aromatic nitrogens is 3. The van der Waals surface area contributed by atoms with E-state index < -0.39 is 12.2 Å². The van der Waals surface area contributed by atoms with Crippen LogP contribution in [0.2, 0.25) is 0 Å². The Morgan fingerprint density at radius 1 is 1.30 bits per heavy atom. The molecule has 0 aliphatic carbocycles. The molecule has 2 amide bonds. The summed E-state index contributed by atoms with van der Waals surface area (Å²) < 4.78 is 25.7. The van der Waals surface area contributed by atoms with Gasteiger partial charge in [-0.25, -0.2) is 18.7 Å². The van der Waals surface area contributed by atoms with Crippen LogP contribution < -0.4 is 5.32 Å². The van der Waals surface area contributed by atoms with Crippen molar-refractivity contribution in [2.75, 3.05) is 18.4 Å². The molecule has 3 aromatic rings. The minimum atomic E-state index is -2.71. The molecule has 30 heavy (non-hydrogen) atoms. The third kappa shape index (κ3) is 4.00. The quantitative estimate of drug-likeness (QED) is 0.682. The number of anilines is 1. The smallest absolute Gasteiger partial charge is 0.295 e. The van der Waals surface area contributed by atoms with Crippen LogP contribution in [0.1, 0.15) is 41.0 Å². The molecule has 4 rings (SSSR count). The van der Waals surface area contributed by atoms with Crippen molar-refractivity contribution in [1.29, 1.82) is 0 Å². The van der Waals surface area contributed by atoms with Gasteiger partial charge in [0.05, 0.1) is 17.0 Å². The molecule has 0 spiro atoms. The lowest BCUT2D eigenvalue weighted by atomic mass is 9.96. The van der Waals surface area contributed by atoms with E-state index in [0.29, 0.717) is 48.3 Å². The van der Waals surface area contributed by atoms with Gasteiger partial charge < -0.3 is 15.2 Å². The molecule has 1 fully saturated rings. The molecule has 1 aliphatic heterocycles. The molecule has 1 saturated heterocycles. The fourth-order valence-corrected chi connectivity index (χ4v) is 3.66. The lowest BCUT2D eigenvalue weighted by Crippen LogP contribution is -2.43. The number of imidazole rings is 1. The summed E-state index contributed by atoms with van der Waals surface area (Å²) in [6.45, 7) is 2.69. The van der Waals surface area contributed by atoms with E-state index >= 15 is 0 Å². The Balaban J connectivity index is 1.47. The lowest BCUT2D eigenvalue weighted by Gasteiger charge is -2.32. The third-order valence-corrected chi connectivity index (χ3v) is 5.28. The molecule has 7 nitrogen and oxygen atoms in total. The maximum atomic E-state index is 13.0. The van der Waals surface area contributed by atoms with Crippen molar-refractivity contribution in [3.05, 3.63) is 53.5 Å². The first-order valence-corrected chi connectivity index (χ1v) is 9.72. The van der Waals surface area contributed by atoms with Crippen LogP contribution in [0.3, 0.4) is 0 Å². The van der Waals surface area contributed by atoms with Crippen LogP contribution in [0.15, 0.2) is 36.5 Å². The van der Waals surface area contributed by atoms with Crippen molar-refractivity contribution in [3.8, 4) is 0 Å². The number of carbonyl (C=O) groups excluding carboxylic acids is 2. The summed E-state index contributed by atoms with van der Waals surface area (Å²) >= 11 is 0. The number of hydrogen-bond donors (Lipinski definition) is 2. The number of amides is 2. The van der Waals surface area contributed by atoms with Gasteiger partial charge in [-0.2, -0.15) is 0 Å². The SMILES string of the molecule is Cc1cccnc1NC(=O)C1CCCN(C(=O)c2ccc3nc(C(F)F)[nH]c3c2)C1. The Labute approximate surface area is 171 Å². The highest BCUT2D eigenvalue weighted by atomic mass is 19.3. The summed E-state index contributed by atoms with van der Waals surface area (Å²) in [4.78, 5) is 37.8. The Morgan fingerprint density at radius 2 is 2.13 bits per heavy atom. The number of pyridine rings is 1. The highest BCUT2D eigenvalue weighted by Gasteiger charge is 2.29. The van der Waals surface area contributed by atoms with E-state index in [-0.39, 0.29) is 17.7 Å². The number of carbonyl (C=O) groups is 2. The molecular formula is C21H21F2N5O2. The first kappa shape index (κ1) is 19.9. The van der Waals surface area contributed by atoms with Crippen molar-refractivity contribution in [2.24, 2.45) is 5.92 Å². The molecule has 2 aromatic heterocycles. The van der Waals surface area contributed by atoms with Gasteiger partial charge in [0.25, 0.3) is 12.3 Å². The molecule has 1 unspecified atom stereocenters. The van der Waals surface area contributed by atoms with E-state index in [9.17, 15) is 18.4 Å². The molecule has 156 valence electrons. The van der Waals surface area contributed by atoms with Gasteiger partial charge in [0.15, 0.2) is 5.82 Å². The lowest BCUT2D eigenvalue weighted by molar-refractivity contribution is -0.121. The van der Waals surface area contributed by atoms with E-state index in [1.807, 2.05) is 13.0 Å². The number of likely N-dealkylation sites (tertiary alicyclic amines) is 1. The van der Waals surface area contributed by atoms with Gasteiger partial charge in [-0.15, -0.1) is 0 Å². The summed E-state index contributed by atoms with van der Waals surface area (Å²) in [5.74, 6) is -0.651. The monoisotopic (exact) mass is 413 g/mol. The summed E-state index contributed by atoms with van der Waals surface area (Å²) in [5, 5.41) is 2.84. The number of nitrogens with one attached hydrogen (secondary N) is 2. The van der Waals surface area contributed by atoms with Crippen molar-refractivity contribution in [1.82, 2.24) is 19.9 Å². The number of rotatable bonds is 4. The molecule has 0 radical (unpaired) electrons. The molecular weight excluding hydrogens is 392 g/mol. The first-order chi connectivity index (χ1) is 14.4. The molecule has 1 aromatic carbocycles. The highest BCUT2D eigenvalue weighted by Crippen LogP contribution is 2.24. The highest BCUT2D eigenvalue weighted by molar-refractivity contribution is 5.98. The van der Waals surface area contributed by atoms with Crippen LogP contribution in [-0.4, -0.2) is 44.8 Å². The number of aryl methyl sites for hydroxylation is 1. The first-order valence-electron chi connectivity index (χ1n) is 9.72. The van der Waals surface area contributed by atoms with Gasteiger partial charge in [-0.05, 0) is 49.6 Å². The second-order valence-electron chi connectivity index (χ2n) is 7.40. The van der Waals surface area contributed by atoms with E-state index in [1.54, 1.807) is 29.3 Å².